The van der Waals surface area contributed by atoms with Gasteiger partial charge in [0.25, 0.3) is 0 Å². The van der Waals surface area contributed by atoms with Crippen LogP contribution in [0.5, 0.6) is 0 Å². The van der Waals surface area contributed by atoms with E-state index in [9.17, 15) is 8.42 Å². The zero-order valence-electron chi connectivity index (χ0n) is 13.3. The second-order valence-corrected chi connectivity index (χ2v) is 9.65. The van der Waals surface area contributed by atoms with Crippen LogP contribution in [0.15, 0.2) is 16.3 Å². The lowest BCUT2D eigenvalue weighted by Gasteiger charge is -2.18. The van der Waals surface area contributed by atoms with E-state index in [0.717, 1.165) is 24.1 Å². The molecule has 1 aromatic rings. The van der Waals surface area contributed by atoms with Gasteiger partial charge in [-0.2, -0.15) is 0 Å². The van der Waals surface area contributed by atoms with Crippen LogP contribution in [0.1, 0.15) is 51.8 Å². The molecule has 1 unspecified atom stereocenters. The highest BCUT2D eigenvalue weighted by Gasteiger charge is 2.34. The molecule has 0 spiro atoms. The number of nitrogens with one attached hydrogen (secondary N) is 2. The van der Waals surface area contributed by atoms with Crippen LogP contribution in [0.3, 0.4) is 0 Å². The quantitative estimate of drug-likeness (QED) is 0.842. The van der Waals surface area contributed by atoms with Gasteiger partial charge < -0.3 is 5.32 Å². The maximum absolute atomic E-state index is 12.6. The Morgan fingerprint density at radius 3 is 2.71 bits per heavy atom. The molecule has 0 aromatic carbocycles. The molecule has 0 bridgehead atoms. The lowest BCUT2D eigenvalue weighted by molar-refractivity contribution is 0.372. The molecule has 0 radical (unpaired) electrons. The predicted molar refractivity (Wildman–Crippen MR) is 88.0 cm³/mol. The fourth-order valence-corrected chi connectivity index (χ4v) is 5.48. The molecule has 21 heavy (non-hydrogen) atoms. The van der Waals surface area contributed by atoms with Crippen molar-refractivity contribution < 1.29 is 8.42 Å². The SMILES string of the molecule is CC(C)NCc1sccc1S(=O)(=O)NC1CCC(C)(C)C1. The third kappa shape index (κ3) is 4.52. The van der Waals surface area contributed by atoms with Gasteiger partial charge in [0.15, 0.2) is 0 Å². The topological polar surface area (TPSA) is 58.2 Å². The minimum atomic E-state index is -3.41. The molecule has 0 amide bonds. The molecule has 1 saturated carbocycles. The molecule has 0 saturated heterocycles. The van der Waals surface area contributed by atoms with Gasteiger partial charge in [-0.3, -0.25) is 0 Å². The molecular weight excluding hydrogens is 304 g/mol. The average molecular weight is 331 g/mol. The maximum atomic E-state index is 12.6. The molecule has 1 fully saturated rings. The van der Waals surface area contributed by atoms with Gasteiger partial charge in [-0.25, -0.2) is 13.1 Å². The van der Waals surface area contributed by atoms with Gasteiger partial charge in [0.05, 0.1) is 4.90 Å². The third-order valence-electron chi connectivity index (χ3n) is 3.96. The predicted octanol–water partition coefficient (Wildman–Crippen LogP) is 3.10. The summed E-state index contributed by atoms with van der Waals surface area (Å²) in [6, 6.07) is 2.12. The van der Waals surface area contributed by atoms with E-state index < -0.39 is 10.0 Å². The van der Waals surface area contributed by atoms with Crippen molar-refractivity contribution in [2.45, 2.75) is 70.5 Å². The Balaban J connectivity index is 2.08. The first-order valence-electron chi connectivity index (χ1n) is 7.52. The molecule has 120 valence electrons. The highest BCUT2D eigenvalue weighted by atomic mass is 32.2. The van der Waals surface area contributed by atoms with Crippen LogP contribution < -0.4 is 10.0 Å². The van der Waals surface area contributed by atoms with Crippen molar-refractivity contribution in [3.8, 4) is 0 Å². The highest BCUT2D eigenvalue weighted by molar-refractivity contribution is 7.89. The standard InChI is InChI=1S/C15H26N2O2S2/c1-11(2)16-10-13-14(6-8-20-13)21(18,19)17-12-5-7-15(3,4)9-12/h6,8,11-12,16-17H,5,7,9-10H2,1-4H3. The van der Waals surface area contributed by atoms with Crippen molar-refractivity contribution in [1.82, 2.24) is 10.0 Å². The summed E-state index contributed by atoms with van der Waals surface area (Å²) in [7, 11) is -3.41. The van der Waals surface area contributed by atoms with Crippen LogP contribution in [-0.2, 0) is 16.6 Å². The molecule has 4 nitrogen and oxygen atoms in total. The van der Waals surface area contributed by atoms with Crippen LogP contribution in [0.25, 0.3) is 0 Å². The van der Waals surface area contributed by atoms with Crippen LogP contribution in [0.2, 0.25) is 0 Å². The molecule has 6 heteroatoms. The van der Waals surface area contributed by atoms with Crippen molar-refractivity contribution in [3.63, 3.8) is 0 Å². The zero-order chi connectivity index (χ0) is 15.7. The van der Waals surface area contributed by atoms with Crippen molar-refractivity contribution in [1.29, 1.82) is 0 Å². The van der Waals surface area contributed by atoms with E-state index in [-0.39, 0.29) is 11.5 Å². The normalized spacial score (nSPS) is 22.0. The first-order valence-corrected chi connectivity index (χ1v) is 9.88. The Hall–Kier alpha value is -0.430. The second-order valence-electron chi connectivity index (χ2n) is 6.97. The van der Waals surface area contributed by atoms with E-state index in [1.165, 1.54) is 11.3 Å². The summed E-state index contributed by atoms with van der Waals surface area (Å²) in [4.78, 5) is 1.32. The Labute approximate surface area is 132 Å². The van der Waals surface area contributed by atoms with Gasteiger partial charge in [-0.1, -0.05) is 27.7 Å². The van der Waals surface area contributed by atoms with Crippen molar-refractivity contribution in [2.24, 2.45) is 5.41 Å². The average Bonchev–Trinajstić information content (AvgIpc) is 2.93. The molecule has 2 N–H and O–H groups in total. The van der Waals surface area contributed by atoms with Gasteiger partial charge >= 0.3 is 0 Å². The van der Waals surface area contributed by atoms with E-state index in [1.807, 2.05) is 5.38 Å². The van der Waals surface area contributed by atoms with Gasteiger partial charge in [-0.05, 0) is 36.1 Å². The largest absolute Gasteiger partial charge is 0.310 e. The number of thiophene rings is 1. The van der Waals surface area contributed by atoms with Crippen LogP contribution in [-0.4, -0.2) is 20.5 Å². The van der Waals surface area contributed by atoms with Crippen molar-refractivity contribution in [2.75, 3.05) is 0 Å². The number of rotatable bonds is 6. The number of sulfonamides is 1. The van der Waals surface area contributed by atoms with Gasteiger partial charge in [0.1, 0.15) is 0 Å². The first-order chi connectivity index (χ1) is 9.70. The molecule has 1 aliphatic carbocycles. The van der Waals surface area contributed by atoms with E-state index in [2.05, 4.69) is 37.7 Å². The lowest BCUT2D eigenvalue weighted by Crippen LogP contribution is -2.34. The Bertz CT molecular complexity index is 576. The Morgan fingerprint density at radius 1 is 1.43 bits per heavy atom. The van der Waals surface area contributed by atoms with Gasteiger partial charge in [0.2, 0.25) is 10.0 Å². The third-order valence-corrected chi connectivity index (χ3v) is 6.61. The van der Waals surface area contributed by atoms with E-state index in [4.69, 9.17) is 0 Å². The molecular formula is C15H26N2O2S2. The van der Waals surface area contributed by atoms with Crippen molar-refractivity contribution in [3.05, 3.63) is 16.3 Å². The van der Waals surface area contributed by atoms with Crippen LogP contribution in [0.4, 0.5) is 0 Å². The summed E-state index contributed by atoms with van der Waals surface area (Å²) < 4.78 is 28.1. The molecule has 1 heterocycles. The lowest BCUT2D eigenvalue weighted by atomic mass is 9.92. The first kappa shape index (κ1) is 16.9. The van der Waals surface area contributed by atoms with E-state index in [0.29, 0.717) is 17.5 Å². The summed E-state index contributed by atoms with van der Waals surface area (Å²) in [5.74, 6) is 0. The minimum Gasteiger partial charge on any atom is -0.310 e. The smallest absolute Gasteiger partial charge is 0.241 e. The Kier molecular flexibility index (Phi) is 5.13. The molecule has 1 aromatic heterocycles. The molecule has 0 aliphatic heterocycles. The fourth-order valence-electron chi connectivity index (χ4n) is 2.81. The van der Waals surface area contributed by atoms with E-state index >= 15 is 0 Å². The molecule has 2 rings (SSSR count). The summed E-state index contributed by atoms with van der Waals surface area (Å²) in [5.41, 5.74) is 0.240. The summed E-state index contributed by atoms with van der Waals surface area (Å²) in [6.07, 6.45) is 2.91. The van der Waals surface area contributed by atoms with Gasteiger partial charge in [-0.15, -0.1) is 11.3 Å². The fraction of sp³-hybridized carbons (Fsp3) is 0.733. The molecule has 1 aliphatic rings. The number of hydrogen-bond donors (Lipinski definition) is 2. The summed E-state index contributed by atoms with van der Waals surface area (Å²) in [5, 5.41) is 5.14. The number of hydrogen-bond acceptors (Lipinski definition) is 4. The minimum absolute atomic E-state index is 0.0656. The summed E-state index contributed by atoms with van der Waals surface area (Å²) >= 11 is 1.49. The van der Waals surface area contributed by atoms with Crippen LogP contribution in [0, 0.1) is 5.41 Å². The second kappa shape index (κ2) is 6.36. The zero-order valence-corrected chi connectivity index (χ0v) is 14.9. The Morgan fingerprint density at radius 2 is 2.14 bits per heavy atom. The highest BCUT2D eigenvalue weighted by Crippen LogP contribution is 2.37. The maximum Gasteiger partial charge on any atom is 0.241 e. The van der Waals surface area contributed by atoms with E-state index in [1.54, 1.807) is 6.07 Å². The summed E-state index contributed by atoms with van der Waals surface area (Å²) in [6.45, 7) is 9.11. The van der Waals surface area contributed by atoms with Crippen molar-refractivity contribution >= 4 is 21.4 Å². The monoisotopic (exact) mass is 330 g/mol. The van der Waals surface area contributed by atoms with Crippen LogP contribution >= 0.6 is 11.3 Å². The molecule has 1 atom stereocenters. The van der Waals surface area contributed by atoms with Gasteiger partial charge in [0, 0.05) is 23.5 Å².